The second kappa shape index (κ2) is 23.3. The fraction of sp³-hybridized carbons (Fsp3) is 0.0238. The highest BCUT2D eigenvalue weighted by Gasteiger charge is 2.50. The highest BCUT2D eigenvalue weighted by Crippen LogP contribution is 2.61. The molecule has 0 amide bonds. The van der Waals surface area contributed by atoms with Crippen LogP contribution < -0.4 is 14.4 Å². The number of halogens is 6. The first-order valence-corrected chi connectivity index (χ1v) is 30.3. The van der Waals surface area contributed by atoms with Crippen molar-refractivity contribution in [3.05, 3.63) is 389 Å². The van der Waals surface area contributed by atoms with Crippen LogP contribution >= 0.6 is 0 Å². The molecule has 2 aliphatic carbocycles. The standard InChI is InChI=1S/C84H53F6NO2/c1-3-52-25-35-61(36-26-52)92-63-39-29-56(30-40-63)83(75-48-79(87)81(89)50-77(75)85)71-23-12-10-21-67(71)69-43-33-59(46-73(69)83)91(58-18-14-17-55(45-58)66-20-9-8-19-65(66)54-15-6-5-7-16-54)60-34-44-70-68-22-11-13-24-72(68)84(74(70)47-60,76-49-80(88)82(90)51-78(76)86)57-31-41-64(42-32-57)93-62-37-27-53(4-2)28-38-62/h3-51H,1-2H2. The van der Waals surface area contributed by atoms with Crippen LogP contribution in [0.4, 0.5) is 43.4 Å². The van der Waals surface area contributed by atoms with Gasteiger partial charge in [-0.15, -0.1) is 0 Å². The van der Waals surface area contributed by atoms with Gasteiger partial charge in [-0.1, -0.05) is 201 Å². The van der Waals surface area contributed by atoms with E-state index in [1.54, 1.807) is 36.4 Å². The quantitative estimate of drug-likeness (QED) is 0.0754. The van der Waals surface area contributed by atoms with Crippen LogP contribution in [0.3, 0.4) is 0 Å². The van der Waals surface area contributed by atoms with E-state index in [4.69, 9.17) is 9.47 Å². The van der Waals surface area contributed by atoms with Crippen LogP contribution in [0.15, 0.2) is 298 Å². The predicted octanol–water partition coefficient (Wildman–Crippen LogP) is 22.9. The Bertz CT molecular complexity index is 4830. The van der Waals surface area contributed by atoms with Gasteiger partial charge in [-0.3, -0.25) is 0 Å². The third-order valence-corrected chi connectivity index (χ3v) is 18.1. The topological polar surface area (TPSA) is 21.7 Å². The highest BCUT2D eigenvalue weighted by atomic mass is 19.2. The number of benzene rings is 13. The van der Waals surface area contributed by atoms with Crippen LogP contribution in [-0.4, -0.2) is 0 Å². The van der Waals surface area contributed by atoms with Gasteiger partial charge in [0.25, 0.3) is 0 Å². The average molecular weight is 1220 g/mol. The molecule has 0 saturated heterocycles. The maximum absolute atomic E-state index is 17.5. The molecule has 2 atom stereocenters. The smallest absolute Gasteiger partial charge is 0.161 e. The molecule has 0 fully saturated rings. The number of hydrogen-bond acceptors (Lipinski definition) is 3. The van der Waals surface area contributed by atoms with Crippen molar-refractivity contribution < 1.29 is 35.8 Å². The molecule has 9 heteroatoms. The zero-order valence-electron chi connectivity index (χ0n) is 49.7. The molecule has 0 spiro atoms. The second-order valence-corrected chi connectivity index (χ2v) is 23.1. The monoisotopic (exact) mass is 1220 g/mol. The lowest BCUT2D eigenvalue weighted by Crippen LogP contribution is -2.31. The van der Waals surface area contributed by atoms with Gasteiger partial charge in [0, 0.05) is 40.3 Å². The minimum absolute atomic E-state index is 0.125. The van der Waals surface area contributed by atoms with Crippen LogP contribution in [0.2, 0.25) is 0 Å². The molecule has 0 N–H and O–H groups in total. The minimum Gasteiger partial charge on any atom is -0.457 e. The van der Waals surface area contributed by atoms with E-state index in [1.165, 1.54) is 0 Å². The van der Waals surface area contributed by atoms with Crippen LogP contribution in [-0.2, 0) is 10.8 Å². The molecule has 0 aliphatic heterocycles. The molecular weight excluding hydrogens is 1170 g/mol. The zero-order chi connectivity index (χ0) is 63.5. The molecule has 0 bridgehead atoms. The summed E-state index contributed by atoms with van der Waals surface area (Å²) in [6, 6.07) is 85.7. The molecule has 2 unspecified atom stereocenters. The fourth-order valence-corrected chi connectivity index (χ4v) is 14.0. The normalized spacial score (nSPS) is 14.9. The second-order valence-electron chi connectivity index (χ2n) is 23.1. The molecule has 0 aromatic heterocycles. The van der Waals surface area contributed by atoms with Crippen molar-refractivity contribution >= 4 is 29.2 Å². The fourth-order valence-electron chi connectivity index (χ4n) is 14.0. The number of anilines is 3. The molecule has 0 radical (unpaired) electrons. The van der Waals surface area contributed by atoms with Gasteiger partial charge in [0.05, 0.1) is 10.8 Å². The van der Waals surface area contributed by atoms with E-state index in [2.05, 4.69) is 48.4 Å². The molecule has 93 heavy (non-hydrogen) atoms. The van der Waals surface area contributed by atoms with Crippen molar-refractivity contribution in [3.8, 4) is 67.5 Å². The Kier molecular flexibility index (Phi) is 14.5. The molecule has 0 saturated carbocycles. The van der Waals surface area contributed by atoms with Gasteiger partial charge in [0.15, 0.2) is 23.3 Å². The van der Waals surface area contributed by atoms with E-state index >= 15 is 26.3 Å². The first-order valence-electron chi connectivity index (χ1n) is 30.3. The Morgan fingerprint density at radius 1 is 0.269 bits per heavy atom. The first kappa shape index (κ1) is 57.7. The average Bonchev–Trinajstić information content (AvgIpc) is 1.56. The minimum atomic E-state index is -1.63. The van der Waals surface area contributed by atoms with Crippen molar-refractivity contribution in [3.63, 3.8) is 0 Å². The van der Waals surface area contributed by atoms with E-state index in [1.807, 2.05) is 206 Å². The van der Waals surface area contributed by atoms with Gasteiger partial charge >= 0.3 is 0 Å². The van der Waals surface area contributed by atoms with Crippen molar-refractivity contribution in [1.29, 1.82) is 0 Å². The van der Waals surface area contributed by atoms with Crippen LogP contribution in [0.5, 0.6) is 23.0 Å². The summed E-state index contributed by atoms with van der Waals surface area (Å²) in [6.07, 6.45) is 3.48. The van der Waals surface area contributed by atoms with Crippen molar-refractivity contribution in [2.45, 2.75) is 10.8 Å². The summed E-state index contributed by atoms with van der Waals surface area (Å²) >= 11 is 0. The van der Waals surface area contributed by atoms with Crippen molar-refractivity contribution in [2.24, 2.45) is 0 Å². The summed E-state index contributed by atoms with van der Waals surface area (Å²) in [5.41, 5.74) is 10.3. The number of ether oxygens (including phenoxy) is 2. The van der Waals surface area contributed by atoms with Crippen LogP contribution in [0.1, 0.15) is 55.6 Å². The van der Waals surface area contributed by atoms with Gasteiger partial charge in [0.1, 0.15) is 34.6 Å². The third kappa shape index (κ3) is 9.70. The zero-order valence-corrected chi connectivity index (χ0v) is 49.7. The van der Waals surface area contributed by atoms with Crippen molar-refractivity contribution in [1.82, 2.24) is 0 Å². The van der Waals surface area contributed by atoms with E-state index in [0.717, 1.165) is 56.6 Å². The highest BCUT2D eigenvalue weighted by molar-refractivity contribution is 5.94. The molecule has 448 valence electrons. The Balaban J connectivity index is 0.977. The third-order valence-electron chi connectivity index (χ3n) is 18.1. The summed E-state index contributed by atoms with van der Waals surface area (Å²) in [5.74, 6) is -4.98. The Labute approximate surface area is 534 Å². The van der Waals surface area contributed by atoms with Crippen LogP contribution in [0, 0.1) is 34.9 Å². The summed E-state index contributed by atoms with van der Waals surface area (Å²) in [4.78, 5) is 2.06. The van der Waals surface area contributed by atoms with Gasteiger partial charge in [0.2, 0.25) is 0 Å². The summed E-state index contributed by atoms with van der Waals surface area (Å²) < 4.78 is 111. The Morgan fingerprint density at radius 3 is 1.06 bits per heavy atom. The predicted molar refractivity (Wildman–Crippen MR) is 360 cm³/mol. The number of rotatable bonds is 15. The summed E-state index contributed by atoms with van der Waals surface area (Å²) in [7, 11) is 0. The lowest BCUT2D eigenvalue weighted by Gasteiger charge is -2.36. The SMILES string of the molecule is C=Cc1ccc(Oc2ccc(C3(c4cc(F)c(F)cc4F)c4ccccc4-c4ccc(N(c5cccc(-c6ccccc6-c6ccccc6)c5)c5ccc6c(c5)C(c5ccc(Oc7ccc(C=C)cc7)cc5)(c5cc(F)c(F)cc5F)c5ccccc5-6)cc43)cc2)cc1. The molecule has 15 rings (SSSR count). The van der Waals surface area contributed by atoms with Gasteiger partial charge < -0.3 is 14.4 Å². The van der Waals surface area contributed by atoms with Gasteiger partial charge in [-0.05, 0) is 186 Å². The lowest BCUT2D eigenvalue weighted by atomic mass is 9.67. The molecule has 2 aliphatic rings. The van der Waals surface area contributed by atoms with Gasteiger partial charge in [-0.25, -0.2) is 26.3 Å². The largest absolute Gasteiger partial charge is 0.457 e. The van der Waals surface area contributed by atoms with Crippen molar-refractivity contribution in [2.75, 3.05) is 4.90 Å². The molecule has 13 aromatic rings. The summed E-state index contributed by atoms with van der Waals surface area (Å²) in [5, 5.41) is 0. The molecule has 3 nitrogen and oxygen atoms in total. The number of nitrogens with zero attached hydrogens (tertiary/aromatic N) is 1. The maximum Gasteiger partial charge on any atom is 0.161 e. The lowest BCUT2D eigenvalue weighted by molar-refractivity contribution is 0.480. The Hall–Kier alpha value is -11.7. The van der Waals surface area contributed by atoms with Gasteiger partial charge in [-0.2, -0.15) is 0 Å². The van der Waals surface area contributed by atoms with Crippen LogP contribution in [0.25, 0.3) is 56.7 Å². The maximum atomic E-state index is 17.5. The molecular formula is C84H53F6NO2. The Morgan fingerprint density at radius 2 is 0.624 bits per heavy atom. The van der Waals surface area contributed by atoms with E-state index in [-0.39, 0.29) is 11.1 Å². The molecule has 13 aromatic carbocycles. The number of hydrogen-bond donors (Lipinski definition) is 0. The number of fused-ring (bicyclic) bond motifs is 6. The molecule has 0 heterocycles. The first-order chi connectivity index (χ1) is 45.4. The summed E-state index contributed by atoms with van der Waals surface area (Å²) in [6.45, 7) is 7.72. The van der Waals surface area contributed by atoms with E-state index in [0.29, 0.717) is 96.7 Å². The van der Waals surface area contributed by atoms with E-state index < -0.39 is 45.7 Å². The van der Waals surface area contributed by atoms with E-state index in [9.17, 15) is 0 Å².